The number of methoxy groups -OCH3 is 1. The smallest absolute Gasteiger partial charge is 0.349 e. The molecule has 0 fully saturated rings. The molecule has 0 atom stereocenters. The number of esters is 1. The average Bonchev–Trinajstić information content (AvgIpc) is 3.13. The van der Waals surface area contributed by atoms with Gasteiger partial charge in [-0.2, -0.15) is 0 Å². The van der Waals surface area contributed by atoms with Gasteiger partial charge < -0.3 is 15.4 Å². The summed E-state index contributed by atoms with van der Waals surface area (Å²) in [5, 5.41) is 8.04. The molecule has 1 heterocycles. The molecule has 0 amide bonds. The monoisotopic (exact) mass is 599 g/mol. The van der Waals surface area contributed by atoms with Crippen LogP contribution >= 0.6 is 58.4 Å². The number of sulfonamides is 1. The van der Waals surface area contributed by atoms with Gasteiger partial charge in [0.25, 0.3) is 10.0 Å². The number of thiophene rings is 1. The lowest BCUT2D eigenvalue weighted by Crippen LogP contribution is -2.19. The van der Waals surface area contributed by atoms with E-state index in [0.717, 1.165) is 10.1 Å². The molecule has 0 bridgehead atoms. The van der Waals surface area contributed by atoms with E-state index in [2.05, 4.69) is 15.4 Å². The van der Waals surface area contributed by atoms with Crippen molar-refractivity contribution in [2.75, 3.05) is 22.5 Å². The van der Waals surface area contributed by atoms with Gasteiger partial charge in [0.15, 0.2) is 5.11 Å². The normalized spacial score (nSPS) is 11.2. The molecule has 4 aromatic rings. The van der Waals surface area contributed by atoms with Crippen molar-refractivity contribution in [3.8, 4) is 0 Å². The van der Waals surface area contributed by atoms with E-state index in [1.165, 1.54) is 48.8 Å². The minimum atomic E-state index is -3.86. The molecule has 0 aliphatic rings. The fraction of sp³-hybridized carbons (Fsp3) is 0.0435. The summed E-state index contributed by atoms with van der Waals surface area (Å²) in [6.45, 7) is 0. The molecule has 13 heteroatoms. The van der Waals surface area contributed by atoms with Crippen LogP contribution in [-0.2, 0) is 14.8 Å². The summed E-state index contributed by atoms with van der Waals surface area (Å²) in [4.78, 5) is 12.3. The molecule has 186 valence electrons. The number of thiocarbonyl (C=S) groups is 1. The Labute approximate surface area is 231 Å². The number of anilines is 3. The van der Waals surface area contributed by atoms with Gasteiger partial charge >= 0.3 is 5.97 Å². The molecule has 36 heavy (non-hydrogen) atoms. The molecule has 1 aromatic heterocycles. The lowest BCUT2D eigenvalue weighted by Gasteiger charge is -2.12. The SMILES string of the molecule is COC(=O)c1sc2cc(NC(=S)Nc3ccc(S(=O)(=O)Nc4cc(Cl)cc(Cl)c4)cc3)ccc2c1Cl. The van der Waals surface area contributed by atoms with Crippen LogP contribution in [0.2, 0.25) is 15.1 Å². The Balaban J connectivity index is 1.43. The Morgan fingerprint density at radius 1 is 0.889 bits per heavy atom. The Hall–Kier alpha value is -2.60. The van der Waals surface area contributed by atoms with Crippen LogP contribution in [0.25, 0.3) is 10.1 Å². The van der Waals surface area contributed by atoms with Gasteiger partial charge in [0.2, 0.25) is 0 Å². The van der Waals surface area contributed by atoms with Crippen LogP contribution < -0.4 is 15.4 Å². The minimum absolute atomic E-state index is 0.0458. The first kappa shape index (κ1) is 26.5. The van der Waals surface area contributed by atoms with Gasteiger partial charge in [-0.3, -0.25) is 4.72 Å². The van der Waals surface area contributed by atoms with Crippen LogP contribution in [0.3, 0.4) is 0 Å². The zero-order valence-electron chi connectivity index (χ0n) is 18.3. The van der Waals surface area contributed by atoms with Crippen molar-refractivity contribution in [3.05, 3.63) is 80.6 Å². The molecule has 3 aromatic carbocycles. The predicted molar refractivity (Wildman–Crippen MR) is 152 cm³/mol. The van der Waals surface area contributed by atoms with Gasteiger partial charge in [0.05, 0.1) is 22.7 Å². The number of carbonyl (C=O) groups is 1. The molecule has 4 rings (SSSR count). The van der Waals surface area contributed by atoms with Gasteiger partial charge in [-0.25, -0.2) is 13.2 Å². The number of carbonyl (C=O) groups excluding carboxylic acids is 1. The van der Waals surface area contributed by atoms with Gasteiger partial charge in [-0.05, 0) is 72.9 Å². The molecular weight excluding hydrogens is 585 g/mol. The quantitative estimate of drug-likeness (QED) is 0.158. The van der Waals surface area contributed by atoms with Crippen molar-refractivity contribution in [2.24, 2.45) is 0 Å². The Kier molecular flexibility index (Phi) is 7.93. The topological polar surface area (TPSA) is 96.5 Å². The highest BCUT2D eigenvalue weighted by Gasteiger charge is 2.18. The fourth-order valence-electron chi connectivity index (χ4n) is 3.20. The van der Waals surface area contributed by atoms with Crippen LogP contribution in [0.1, 0.15) is 9.67 Å². The fourth-order valence-corrected chi connectivity index (χ4v) is 6.47. The Morgan fingerprint density at radius 3 is 2.14 bits per heavy atom. The van der Waals surface area contributed by atoms with E-state index in [1.54, 1.807) is 24.3 Å². The molecule has 0 unspecified atom stereocenters. The first-order valence-corrected chi connectivity index (χ1v) is 13.9. The first-order chi connectivity index (χ1) is 17.1. The maximum absolute atomic E-state index is 12.7. The second-order valence-electron chi connectivity index (χ2n) is 7.31. The highest BCUT2D eigenvalue weighted by atomic mass is 35.5. The zero-order valence-corrected chi connectivity index (χ0v) is 23.0. The third kappa shape index (κ3) is 6.03. The molecule has 0 spiro atoms. The van der Waals surface area contributed by atoms with E-state index in [1.807, 2.05) is 6.07 Å². The summed E-state index contributed by atoms with van der Waals surface area (Å²) < 4.78 is 33.4. The van der Waals surface area contributed by atoms with Crippen molar-refractivity contribution in [2.45, 2.75) is 4.90 Å². The Bertz CT molecular complexity index is 1570. The molecule has 0 saturated carbocycles. The molecule has 3 N–H and O–H groups in total. The van der Waals surface area contributed by atoms with E-state index < -0.39 is 16.0 Å². The van der Waals surface area contributed by atoms with Gasteiger partial charge in [-0.1, -0.05) is 34.8 Å². The number of fused-ring (bicyclic) bond motifs is 1. The summed E-state index contributed by atoms with van der Waals surface area (Å²) in [6, 6.07) is 15.8. The first-order valence-electron chi connectivity index (χ1n) is 10.0. The number of benzene rings is 3. The standard InChI is InChI=1S/C23H16Cl3N3O4S3/c1-33-22(30)21-20(26)18-7-4-15(11-19(18)35-21)28-23(34)27-14-2-5-17(6-3-14)36(31,32)29-16-9-12(24)8-13(25)10-16/h2-11,29H,1H3,(H2,27,28,34). The number of ether oxygens (including phenoxy) is 1. The number of halogens is 3. The van der Waals surface area contributed by atoms with E-state index in [-0.39, 0.29) is 15.7 Å². The second-order valence-corrected chi connectivity index (χ2v) is 11.7. The average molecular weight is 601 g/mol. The lowest BCUT2D eigenvalue weighted by atomic mass is 10.2. The maximum atomic E-state index is 12.7. The molecular formula is C23H16Cl3N3O4S3. The second kappa shape index (κ2) is 10.8. The van der Waals surface area contributed by atoms with E-state index in [0.29, 0.717) is 31.3 Å². The minimum Gasteiger partial charge on any atom is -0.465 e. The molecule has 0 aliphatic heterocycles. The number of hydrogen-bond acceptors (Lipinski definition) is 6. The van der Waals surface area contributed by atoms with Gasteiger partial charge in [0, 0.05) is 31.5 Å². The van der Waals surface area contributed by atoms with Crippen LogP contribution in [-0.4, -0.2) is 26.6 Å². The molecule has 7 nitrogen and oxygen atoms in total. The van der Waals surface area contributed by atoms with Crippen molar-refractivity contribution in [1.82, 2.24) is 0 Å². The highest BCUT2D eigenvalue weighted by Crippen LogP contribution is 2.37. The van der Waals surface area contributed by atoms with Crippen LogP contribution in [0.5, 0.6) is 0 Å². The van der Waals surface area contributed by atoms with Crippen molar-refractivity contribution in [3.63, 3.8) is 0 Å². The summed E-state index contributed by atoms with van der Waals surface area (Å²) in [5.41, 5.74) is 1.51. The van der Waals surface area contributed by atoms with Crippen molar-refractivity contribution in [1.29, 1.82) is 0 Å². The van der Waals surface area contributed by atoms with E-state index in [4.69, 9.17) is 51.8 Å². The maximum Gasteiger partial charge on any atom is 0.349 e. The van der Waals surface area contributed by atoms with E-state index in [9.17, 15) is 13.2 Å². The number of nitrogens with one attached hydrogen (secondary N) is 3. The third-order valence-corrected chi connectivity index (χ3v) is 8.47. The number of rotatable bonds is 6. The largest absolute Gasteiger partial charge is 0.465 e. The zero-order chi connectivity index (χ0) is 26.0. The summed E-state index contributed by atoms with van der Waals surface area (Å²) in [6.07, 6.45) is 0. The van der Waals surface area contributed by atoms with Crippen molar-refractivity contribution >= 4 is 107 Å². The van der Waals surface area contributed by atoms with Gasteiger partial charge in [-0.15, -0.1) is 11.3 Å². The van der Waals surface area contributed by atoms with Crippen molar-refractivity contribution < 1.29 is 17.9 Å². The summed E-state index contributed by atoms with van der Waals surface area (Å²) >= 11 is 24.8. The van der Waals surface area contributed by atoms with Crippen LogP contribution in [0, 0.1) is 0 Å². The van der Waals surface area contributed by atoms with Gasteiger partial charge in [0.1, 0.15) is 4.88 Å². The third-order valence-electron chi connectivity index (χ3n) is 4.80. The summed E-state index contributed by atoms with van der Waals surface area (Å²) in [7, 11) is -2.56. The number of hydrogen-bond donors (Lipinski definition) is 3. The molecule has 0 saturated heterocycles. The van der Waals surface area contributed by atoms with Crippen LogP contribution in [0.15, 0.2) is 65.6 Å². The Morgan fingerprint density at radius 2 is 1.50 bits per heavy atom. The van der Waals surface area contributed by atoms with Crippen LogP contribution in [0.4, 0.5) is 17.1 Å². The predicted octanol–water partition coefficient (Wildman–Crippen LogP) is 7.26. The summed E-state index contributed by atoms with van der Waals surface area (Å²) in [5.74, 6) is -0.495. The molecule has 0 aliphatic carbocycles. The molecule has 0 radical (unpaired) electrons. The van der Waals surface area contributed by atoms with E-state index >= 15 is 0 Å². The highest BCUT2D eigenvalue weighted by molar-refractivity contribution is 7.92. The lowest BCUT2D eigenvalue weighted by molar-refractivity contribution is 0.0606.